The molecule has 2 aliphatic rings. The summed E-state index contributed by atoms with van der Waals surface area (Å²) < 4.78 is 31.3. The maximum absolute atomic E-state index is 13.1. The Labute approximate surface area is 144 Å². The smallest absolute Gasteiger partial charge is 0.228 e. The van der Waals surface area contributed by atoms with Crippen LogP contribution in [0.15, 0.2) is 18.2 Å². The molecule has 1 aliphatic heterocycles. The fraction of sp³-hybridized carbons (Fsp3) is 0.529. The van der Waals surface area contributed by atoms with Gasteiger partial charge in [0.25, 0.3) is 0 Å². The molecule has 2 fully saturated rings. The highest BCUT2D eigenvalue weighted by molar-refractivity contribution is 5.99. The average Bonchev–Trinajstić information content (AvgIpc) is 3.40. The summed E-state index contributed by atoms with van der Waals surface area (Å²) >= 11 is 0. The van der Waals surface area contributed by atoms with Crippen molar-refractivity contribution in [2.45, 2.75) is 6.42 Å². The zero-order valence-corrected chi connectivity index (χ0v) is 13.8. The molecule has 0 bridgehead atoms. The average molecular weight is 353 g/mol. The summed E-state index contributed by atoms with van der Waals surface area (Å²) in [6.45, 7) is 4.43. The third-order valence-electron chi connectivity index (χ3n) is 4.48. The maximum Gasteiger partial charge on any atom is 0.228 e. The summed E-state index contributed by atoms with van der Waals surface area (Å²) in [5.74, 6) is -3.25. The quantitative estimate of drug-likeness (QED) is 0.800. The molecule has 0 spiro atoms. The van der Waals surface area contributed by atoms with E-state index in [1.165, 1.54) is 6.07 Å². The lowest BCUT2D eigenvalue weighted by Crippen LogP contribution is -2.41. The van der Waals surface area contributed by atoms with Crippen molar-refractivity contribution in [1.29, 1.82) is 0 Å². The lowest BCUT2D eigenvalue weighted by molar-refractivity contribution is -0.125. The fourth-order valence-corrected chi connectivity index (χ4v) is 2.88. The zero-order chi connectivity index (χ0) is 17.8. The number of anilines is 1. The van der Waals surface area contributed by atoms with E-state index in [-0.39, 0.29) is 23.4 Å². The van der Waals surface area contributed by atoms with Crippen molar-refractivity contribution in [2.24, 2.45) is 11.8 Å². The second-order valence-corrected chi connectivity index (χ2v) is 6.31. The van der Waals surface area contributed by atoms with Gasteiger partial charge < -0.3 is 15.4 Å². The van der Waals surface area contributed by atoms with Crippen LogP contribution in [0.25, 0.3) is 0 Å². The highest BCUT2D eigenvalue weighted by Gasteiger charge is 2.47. The molecular formula is C17H21F2N3O3. The van der Waals surface area contributed by atoms with Crippen molar-refractivity contribution in [1.82, 2.24) is 10.2 Å². The Bertz CT molecular complexity index is 650. The van der Waals surface area contributed by atoms with Crippen LogP contribution >= 0.6 is 0 Å². The van der Waals surface area contributed by atoms with Gasteiger partial charge in [-0.2, -0.15) is 0 Å². The first-order valence-corrected chi connectivity index (χ1v) is 8.38. The lowest BCUT2D eigenvalue weighted by atomic mass is 10.2. The van der Waals surface area contributed by atoms with Crippen LogP contribution in [0.2, 0.25) is 0 Å². The van der Waals surface area contributed by atoms with Crippen molar-refractivity contribution in [3.05, 3.63) is 29.8 Å². The van der Waals surface area contributed by atoms with Gasteiger partial charge in [0.2, 0.25) is 11.8 Å². The van der Waals surface area contributed by atoms with Gasteiger partial charge in [0.05, 0.1) is 25.0 Å². The zero-order valence-electron chi connectivity index (χ0n) is 13.8. The van der Waals surface area contributed by atoms with E-state index in [1.807, 2.05) is 0 Å². The monoisotopic (exact) mass is 353 g/mol. The van der Waals surface area contributed by atoms with Crippen LogP contribution in [0.5, 0.6) is 0 Å². The minimum absolute atomic E-state index is 0.140. The first-order chi connectivity index (χ1) is 12.0. The number of rotatable bonds is 6. The molecular weight excluding hydrogens is 332 g/mol. The van der Waals surface area contributed by atoms with Crippen LogP contribution < -0.4 is 10.6 Å². The van der Waals surface area contributed by atoms with Gasteiger partial charge in [-0.05, 0) is 18.6 Å². The summed E-state index contributed by atoms with van der Waals surface area (Å²) in [6, 6.07) is 3.16. The van der Waals surface area contributed by atoms with Gasteiger partial charge >= 0.3 is 0 Å². The van der Waals surface area contributed by atoms with Crippen molar-refractivity contribution in [3.63, 3.8) is 0 Å². The second kappa shape index (κ2) is 7.88. The van der Waals surface area contributed by atoms with E-state index in [4.69, 9.17) is 4.74 Å². The van der Waals surface area contributed by atoms with E-state index >= 15 is 0 Å². The van der Waals surface area contributed by atoms with E-state index in [2.05, 4.69) is 15.5 Å². The first-order valence-electron chi connectivity index (χ1n) is 8.38. The molecule has 1 aromatic carbocycles. The predicted octanol–water partition coefficient (Wildman–Crippen LogP) is 0.988. The molecule has 1 aliphatic carbocycles. The van der Waals surface area contributed by atoms with Gasteiger partial charge in [0.1, 0.15) is 0 Å². The number of hydrogen-bond donors (Lipinski definition) is 2. The number of carbonyl (C=O) groups is 2. The van der Waals surface area contributed by atoms with Crippen LogP contribution in [0.3, 0.4) is 0 Å². The molecule has 2 unspecified atom stereocenters. The lowest BCUT2D eigenvalue weighted by Gasteiger charge is -2.26. The number of hydrogen-bond acceptors (Lipinski definition) is 4. The Morgan fingerprint density at radius 2 is 1.84 bits per heavy atom. The Kier molecular flexibility index (Phi) is 5.60. The number of halogens is 2. The number of amides is 2. The highest BCUT2D eigenvalue weighted by atomic mass is 19.2. The van der Waals surface area contributed by atoms with E-state index in [9.17, 15) is 18.4 Å². The van der Waals surface area contributed by atoms with Gasteiger partial charge in [-0.1, -0.05) is 0 Å². The number of benzene rings is 1. The topological polar surface area (TPSA) is 70.7 Å². The van der Waals surface area contributed by atoms with Crippen molar-refractivity contribution in [3.8, 4) is 0 Å². The molecule has 1 aromatic rings. The predicted molar refractivity (Wildman–Crippen MR) is 86.9 cm³/mol. The Hall–Kier alpha value is -2.06. The summed E-state index contributed by atoms with van der Waals surface area (Å²) in [5.41, 5.74) is 0.183. The molecule has 6 nitrogen and oxygen atoms in total. The summed E-state index contributed by atoms with van der Waals surface area (Å²) in [7, 11) is 0. The van der Waals surface area contributed by atoms with Gasteiger partial charge in [0, 0.05) is 37.9 Å². The van der Waals surface area contributed by atoms with Gasteiger partial charge in [-0.25, -0.2) is 8.78 Å². The third kappa shape index (κ3) is 4.73. The molecule has 1 saturated carbocycles. The Balaban J connectivity index is 1.39. The molecule has 3 rings (SSSR count). The van der Waals surface area contributed by atoms with Crippen LogP contribution in [0.4, 0.5) is 14.5 Å². The van der Waals surface area contributed by atoms with Gasteiger partial charge in [0.15, 0.2) is 11.6 Å². The van der Waals surface area contributed by atoms with E-state index < -0.39 is 17.6 Å². The number of morpholine rings is 1. The highest BCUT2D eigenvalue weighted by Crippen LogP contribution is 2.39. The number of nitrogens with zero attached hydrogens (tertiary/aromatic N) is 1. The van der Waals surface area contributed by atoms with Crippen molar-refractivity contribution in [2.75, 3.05) is 44.7 Å². The number of ether oxygens (including phenoxy) is 1. The van der Waals surface area contributed by atoms with Crippen LogP contribution in [-0.2, 0) is 14.3 Å². The SMILES string of the molecule is O=C(NCCN1CCOCC1)C1CC1C(=O)Nc1ccc(F)c(F)c1. The molecule has 136 valence electrons. The van der Waals surface area contributed by atoms with Crippen LogP contribution in [0, 0.1) is 23.5 Å². The molecule has 2 amide bonds. The molecule has 8 heteroatoms. The molecule has 2 atom stereocenters. The van der Waals surface area contributed by atoms with Gasteiger partial charge in [-0.3, -0.25) is 14.5 Å². The molecule has 25 heavy (non-hydrogen) atoms. The molecule has 0 aromatic heterocycles. The van der Waals surface area contributed by atoms with Crippen LogP contribution in [-0.4, -0.2) is 56.1 Å². The molecule has 0 radical (unpaired) electrons. The van der Waals surface area contributed by atoms with E-state index in [0.717, 1.165) is 31.8 Å². The summed E-state index contributed by atoms with van der Waals surface area (Å²) in [6.07, 6.45) is 0.471. The van der Waals surface area contributed by atoms with Crippen molar-refractivity contribution < 1.29 is 23.1 Å². The fourth-order valence-electron chi connectivity index (χ4n) is 2.88. The largest absolute Gasteiger partial charge is 0.379 e. The molecule has 1 heterocycles. The Morgan fingerprint density at radius 3 is 2.56 bits per heavy atom. The standard InChI is InChI=1S/C17H21F2N3O3/c18-14-2-1-11(9-15(14)19)21-17(24)13-10-12(13)16(23)20-3-4-22-5-7-25-8-6-22/h1-2,9,12-13H,3-8,10H2,(H,20,23)(H,21,24). The number of carbonyl (C=O) groups excluding carboxylic acids is 2. The van der Waals surface area contributed by atoms with Crippen LogP contribution in [0.1, 0.15) is 6.42 Å². The molecule has 2 N–H and O–H groups in total. The first kappa shape index (κ1) is 17.8. The number of nitrogens with one attached hydrogen (secondary N) is 2. The van der Waals surface area contributed by atoms with E-state index in [0.29, 0.717) is 26.2 Å². The van der Waals surface area contributed by atoms with E-state index in [1.54, 1.807) is 0 Å². The summed E-state index contributed by atoms with van der Waals surface area (Å²) in [4.78, 5) is 26.4. The maximum atomic E-state index is 13.1. The summed E-state index contributed by atoms with van der Waals surface area (Å²) in [5, 5.41) is 5.36. The molecule has 1 saturated heterocycles. The van der Waals surface area contributed by atoms with Crippen molar-refractivity contribution >= 4 is 17.5 Å². The van der Waals surface area contributed by atoms with Gasteiger partial charge in [-0.15, -0.1) is 0 Å². The second-order valence-electron chi connectivity index (χ2n) is 6.31. The minimum atomic E-state index is -1.02. The third-order valence-corrected chi connectivity index (χ3v) is 4.48. The minimum Gasteiger partial charge on any atom is -0.379 e. The Morgan fingerprint density at radius 1 is 1.12 bits per heavy atom. The normalized spacial score (nSPS) is 23.1.